The van der Waals surface area contributed by atoms with Gasteiger partial charge in [0.25, 0.3) is 0 Å². The first-order valence-electron chi connectivity index (χ1n) is 9.45. The smallest absolute Gasteiger partial charge is 0.213 e. The fraction of sp³-hybridized carbons (Fsp3) is 0.684. The van der Waals surface area contributed by atoms with Crippen molar-refractivity contribution in [3.63, 3.8) is 0 Å². The van der Waals surface area contributed by atoms with Gasteiger partial charge in [-0.25, -0.2) is 9.98 Å². The van der Waals surface area contributed by atoms with Crippen LogP contribution in [0.5, 0.6) is 5.88 Å². The number of nitrogens with zero attached hydrogens (tertiary/aromatic N) is 3. The maximum Gasteiger partial charge on any atom is 0.213 e. The second-order valence-corrected chi connectivity index (χ2v) is 6.28. The minimum Gasteiger partial charge on any atom is -0.478 e. The molecule has 0 radical (unpaired) electrons. The van der Waals surface area contributed by atoms with Gasteiger partial charge in [0.1, 0.15) is 0 Å². The van der Waals surface area contributed by atoms with Gasteiger partial charge in [-0.3, -0.25) is 0 Å². The highest BCUT2D eigenvalue weighted by atomic mass is 127. The molecule has 1 N–H and O–H groups in total. The van der Waals surface area contributed by atoms with Crippen LogP contribution in [0.2, 0.25) is 0 Å². The molecule has 26 heavy (non-hydrogen) atoms. The van der Waals surface area contributed by atoms with Crippen molar-refractivity contribution in [1.29, 1.82) is 0 Å². The quantitative estimate of drug-likeness (QED) is 0.337. The number of aliphatic imine (C=N–C) groups is 1. The van der Waals surface area contributed by atoms with E-state index in [1.807, 2.05) is 25.3 Å². The minimum atomic E-state index is 0. The van der Waals surface area contributed by atoms with Gasteiger partial charge in [0, 0.05) is 44.4 Å². The molecule has 6 nitrogen and oxygen atoms in total. The van der Waals surface area contributed by atoms with Gasteiger partial charge in [-0.2, -0.15) is 0 Å². The van der Waals surface area contributed by atoms with Gasteiger partial charge in [-0.05, 0) is 32.3 Å². The normalized spacial score (nSPS) is 17.1. The van der Waals surface area contributed by atoms with E-state index < -0.39 is 0 Å². The van der Waals surface area contributed by atoms with E-state index in [0.717, 1.165) is 57.2 Å². The molecule has 1 aliphatic heterocycles. The molecular formula is C19H33IN4O2. The Balaban J connectivity index is 0.00000338. The SMILES string of the molecule is CCCOc1ccc(CN=C(NCC)N2CCC(COCC)C2)cn1.I. The van der Waals surface area contributed by atoms with Crippen LogP contribution in [0.1, 0.15) is 39.2 Å². The summed E-state index contributed by atoms with van der Waals surface area (Å²) in [4.78, 5) is 11.5. The van der Waals surface area contributed by atoms with E-state index in [1.165, 1.54) is 0 Å². The molecule has 148 valence electrons. The molecule has 1 fully saturated rings. The number of hydrogen-bond acceptors (Lipinski definition) is 4. The Labute approximate surface area is 174 Å². The second-order valence-electron chi connectivity index (χ2n) is 6.28. The summed E-state index contributed by atoms with van der Waals surface area (Å²) < 4.78 is 11.1. The lowest BCUT2D eigenvalue weighted by molar-refractivity contribution is 0.114. The van der Waals surface area contributed by atoms with Gasteiger partial charge in [0.05, 0.1) is 19.8 Å². The standard InChI is InChI=1S/C19H32N4O2.HI/c1-4-11-25-18-8-7-16(12-21-18)13-22-19(20-5-2)23-10-9-17(14-23)15-24-6-3;/h7-8,12,17H,4-6,9-11,13-15H2,1-3H3,(H,20,22);1H. The third kappa shape index (κ3) is 7.65. The highest BCUT2D eigenvalue weighted by Gasteiger charge is 2.24. The van der Waals surface area contributed by atoms with E-state index in [4.69, 9.17) is 14.5 Å². The van der Waals surface area contributed by atoms with Gasteiger partial charge >= 0.3 is 0 Å². The van der Waals surface area contributed by atoms with Gasteiger partial charge in [-0.15, -0.1) is 24.0 Å². The molecular weight excluding hydrogens is 443 g/mol. The highest BCUT2D eigenvalue weighted by Crippen LogP contribution is 2.17. The zero-order chi connectivity index (χ0) is 17.9. The molecule has 7 heteroatoms. The maximum atomic E-state index is 5.57. The molecule has 1 aromatic rings. The maximum absolute atomic E-state index is 5.57. The molecule has 0 aliphatic carbocycles. The largest absolute Gasteiger partial charge is 0.478 e. The number of hydrogen-bond donors (Lipinski definition) is 1. The molecule has 0 spiro atoms. The van der Waals surface area contributed by atoms with Crippen molar-refractivity contribution < 1.29 is 9.47 Å². The monoisotopic (exact) mass is 476 g/mol. The summed E-state index contributed by atoms with van der Waals surface area (Å²) in [6.07, 6.45) is 4.00. The first-order chi connectivity index (χ1) is 12.3. The molecule has 0 aromatic carbocycles. The fourth-order valence-corrected chi connectivity index (χ4v) is 2.83. The van der Waals surface area contributed by atoms with Gasteiger partial charge < -0.3 is 19.7 Å². The summed E-state index contributed by atoms with van der Waals surface area (Å²) in [6.45, 7) is 12.1. The number of ether oxygens (including phenoxy) is 2. The van der Waals surface area contributed by atoms with E-state index >= 15 is 0 Å². The van der Waals surface area contributed by atoms with E-state index in [1.54, 1.807) is 0 Å². The van der Waals surface area contributed by atoms with Crippen molar-refractivity contribution in [3.05, 3.63) is 23.9 Å². The average molecular weight is 476 g/mol. The predicted octanol–water partition coefficient (Wildman–Crippen LogP) is 3.31. The Morgan fingerprint density at radius 3 is 2.85 bits per heavy atom. The van der Waals surface area contributed by atoms with E-state index in [-0.39, 0.29) is 24.0 Å². The topological polar surface area (TPSA) is 59.0 Å². The molecule has 1 atom stereocenters. The zero-order valence-electron chi connectivity index (χ0n) is 16.2. The first kappa shape index (κ1) is 23.0. The summed E-state index contributed by atoms with van der Waals surface area (Å²) in [5.41, 5.74) is 1.09. The summed E-state index contributed by atoms with van der Waals surface area (Å²) in [5.74, 6) is 2.26. The Morgan fingerprint density at radius 1 is 1.35 bits per heavy atom. The van der Waals surface area contributed by atoms with Crippen molar-refractivity contribution in [2.75, 3.05) is 39.5 Å². The lowest BCUT2D eigenvalue weighted by Crippen LogP contribution is -2.40. The van der Waals surface area contributed by atoms with Crippen LogP contribution in [-0.2, 0) is 11.3 Å². The summed E-state index contributed by atoms with van der Waals surface area (Å²) in [7, 11) is 0. The van der Waals surface area contributed by atoms with Crippen LogP contribution in [0.15, 0.2) is 23.3 Å². The van der Waals surface area contributed by atoms with Crippen LogP contribution in [0.25, 0.3) is 0 Å². The molecule has 1 aliphatic rings. The van der Waals surface area contributed by atoms with Gasteiger partial charge in [0.2, 0.25) is 5.88 Å². The Bertz CT molecular complexity index is 525. The molecule has 1 unspecified atom stereocenters. The second kappa shape index (κ2) is 13.1. The summed E-state index contributed by atoms with van der Waals surface area (Å²) in [6, 6.07) is 3.95. The van der Waals surface area contributed by atoms with Crippen LogP contribution in [0.3, 0.4) is 0 Å². The summed E-state index contributed by atoms with van der Waals surface area (Å²) in [5, 5.41) is 3.40. The Hall–Kier alpha value is -1.09. The number of likely N-dealkylation sites (tertiary alicyclic amines) is 1. The lowest BCUT2D eigenvalue weighted by Gasteiger charge is -2.21. The number of rotatable bonds is 9. The summed E-state index contributed by atoms with van der Waals surface area (Å²) >= 11 is 0. The average Bonchev–Trinajstić information content (AvgIpc) is 3.11. The van der Waals surface area contributed by atoms with E-state index in [0.29, 0.717) is 24.9 Å². The van der Waals surface area contributed by atoms with Crippen molar-refractivity contribution in [2.24, 2.45) is 10.9 Å². The Morgan fingerprint density at radius 2 is 2.19 bits per heavy atom. The van der Waals surface area contributed by atoms with Gasteiger partial charge in [0.15, 0.2) is 5.96 Å². The van der Waals surface area contributed by atoms with Crippen LogP contribution >= 0.6 is 24.0 Å². The molecule has 1 aromatic heterocycles. The van der Waals surface area contributed by atoms with Crippen LogP contribution in [-0.4, -0.2) is 55.3 Å². The zero-order valence-corrected chi connectivity index (χ0v) is 18.6. The number of guanidine groups is 1. The number of aromatic nitrogens is 1. The number of halogens is 1. The number of nitrogens with one attached hydrogen (secondary N) is 1. The minimum absolute atomic E-state index is 0. The molecule has 2 rings (SSSR count). The van der Waals surface area contributed by atoms with Crippen molar-refractivity contribution in [2.45, 2.75) is 40.2 Å². The van der Waals surface area contributed by atoms with E-state index in [9.17, 15) is 0 Å². The fourth-order valence-electron chi connectivity index (χ4n) is 2.83. The van der Waals surface area contributed by atoms with Crippen LogP contribution in [0.4, 0.5) is 0 Å². The van der Waals surface area contributed by atoms with Crippen LogP contribution in [0, 0.1) is 5.92 Å². The van der Waals surface area contributed by atoms with Crippen molar-refractivity contribution >= 4 is 29.9 Å². The van der Waals surface area contributed by atoms with Gasteiger partial charge in [-0.1, -0.05) is 13.0 Å². The molecule has 1 saturated heterocycles. The van der Waals surface area contributed by atoms with Crippen LogP contribution < -0.4 is 10.1 Å². The lowest BCUT2D eigenvalue weighted by atomic mass is 10.1. The molecule has 2 heterocycles. The molecule has 0 saturated carbocycles. The predicted molar refractivity (Wildman–Crippen MR) is 116 cm³/mol. The molecule has 0 amide bonds. The highest BCUT2D eigenvalue weighted by molar-refractivity contribution is 14.0. The van der Waals surface area contributed by atoms with Crippen molar-refractivity contribution in [3.8, 4) is 5.88 Å². The van der Waals surface area contributed by atoms with Crippen molar-refractivity contribution in [1.82, 2.24) is 15.2 Å². The molecule has 0 bridgehead atoms. The van der Waals surface area contributed by atoms with E-state index in [2.05, 4.69) is 29.0 Å². The third-order valence-corrected chi connectivity index (χ3v) is 4.14. The Kier molecular flexibility index (Phi) is 11.6. The number of pyridine rings is 1. The third-order valence-electron chi connectivity index (χ3n) is 4.14. The first-order valence-corrected chi connectivity index (χ1v) is 9.45.